The molecule has 0 unspecified atom stereocenters. The predicted octanol–water partition coefficient (Wildman–Crippen LogP) is 1.34. The minimum Gasteiger partial charge on any atom is -0.477 e. The molecule has 0 aliphatic carbocycles. The van der Waals surface area contributed by atoms with Crippen LogP contribution in [0.3, 0.4) is 0 Å². The summed E-state index contributed by atoms with van der Waals surface area (Å²) in [5.74, 6) is -0.938. The van der Waals surface area contributed by atoms with Crippen molar-refractivity contribution in [3.05, 3.63) is 35.8 Å². The van der Waals surface area contributed by atoms with E-state index < -0.39 is 5.97 Å². The first kappa shape index (κ1) is 7.79. The summed E-state index contributed by atoms with van der Waals surface area (Å²) in [5.41, 5.74) is 1.73. The highest BCUT2D eigenvalue weighted by Crippen LogP contribution is 2.09. The van der Waals surface area contributed by atoms with E-state index in [1.54, 1.807) is 28.8 Å². The molecule has 2 rings (SSSR count). The molecule has 0 bridgehead atoms. The molecule has 4 nitrogen and oxygen atoms in total. The van der Waals surface area contributed by atoms with Crippen molar-refractivity contribution in [2.24, 2.45) is 0 Å². The number of imidazole rings is 1. The Bertz CT molecular complexity index is 473. The number of pyridine rings is 1. The fourth-order valence-electron chi connectivity index (χ4n) is 1.35. The number of carbonyl (C=O) groups is 1. The molecule has 2 heterocycles. The number of aromatic nitrogens is 2. The molecule has 4 heteroatoms. The van der Waals surface area contributed by atoms with Crippen LogP contribution in [0.5, 0.6) is 0 Å². The summed E-state index contributed by atoms with van der Waals surface area (Å²) in [6.45, 7) is 1.83. The van der Waals surface area contributed by atoms with Gasteiger partial charge in [-0.05, 0) is 19.1 Å². The van der Waals surface area contributed by atoms with Crippen molar-refractivity contribution in [2.45, 2.75) is 6.92 Å². The summed E-state index contributed by atoms with van der Waals surface area (Å²) in [6, 6.07) is 5.02. The number of aryl methyl sites for hydroxylation is 1. The van der Waals surface area contributed by atoms with Gasteiger partial charge in [-0.1, -0.05) is 6.07 Å². The third kappa shape index (κ3) is 1.07. The van der Waals surface area contributed by atoms with Crippen LogP contribution in [0.1, 0.15) is 16.2 Å². The minimum atomic E-state index is -0.938. The molecule has 0 atom stereocenters. The van der Waals surface area contributed by atoms with Gasteiger partial charge in [0.05, 0.1) is 0 Å². The third-order valence-electron chi connectivity index (χ3n) is 1.92. The number of fused-ring (bicyclic) bond motifs is 1. The Morgan fingerprint density at radius 1 is 1.54 bits per heavy atom. The number of nitrogens with zero attached hydrogens (tertiary/aromatic N) is 2. The zero-order chi connectivity index (χ0) is 9.42. The Hall–Kier alpha value is -1.84. The summed E-state index contributed by atoms with van der Waals surface area (Å²) in [5, 5.41) is 8.88. The van der Waals surface area contributed by atoms with E-state index in [1.165, 1.54) is 0 Å². The van der Waals surface area contributed by atoms with Gasteiger partial charge in [-0.3, -0.25) is 4.40 Å². The molecule has 1 N–H and O–H groups in total. The Kier molecular flexibility index (Phi) is 1.55. The Morgan fingerprint density at radius 3 is 3.00 bits per heavy atom. The van der Waals surface area contributed by atoms with Gasteiger partial charge in [0.1, 0.15) is 11.3 Å². The van der Waals surface area contributed by atoms with Crippen molar-refractivity contribution in [3.8, 4) is 0 Å². The maximum atomic E-state index is 10.8. The van der Waals surface area contributed by atoms with Gasteiger partial charge in [0.15, 0.2) is 0 Å². The molecule has 2 aromatic rings. The minimum absolute atomic E-state index is 0.243. The van der Waals surface area contributed by atoms with Crippen molar-refractivity contribution in [1.29, 1.82) is 0 Å². The summed E-state index contributed by atoms with van der Waals surface area (Å²) >= 11 is 0. The molecule has 0 aromatic carbocycles. The normalized spacial score (nSPS) is 10.5. The first-order valence-electron chi connectivity index (χ1n) is 3.86. The van der Waals surface area contributed by atoms with Gasteiger partial charge in [0.2, 0.25) is 0 Å². The molecule has 0 radical (unpaired) electrons. The summed E-state index contributed by atoms with van der Waals surface area (Å²) < 4.78 is 1.61. The van der Waals surface area contributed by atoms with Crippen LogP contribution < -0.4 is 0 Å². The molecule has 0 spiro atoms. The van der Waals surface area contributed by atoms with Crippen molar-refractivity contribution in [3.63, 3.8) is 0 Å². The van der Waals surface area contributed by atoms with Crippen LogP contribution in [0.15, 0.2) is 24.4 Å². The molecule has 0 aliphatic heterocycles. The number of rotatable bonds is 1. The molecule has 2 aromatic heterocycles. The van der Waals surface area contributed by atoms with E-state index in [2.05, 4.69) is 4.98 Å². The fraction of sp³-hybridized carbons (Fsp3) is 0.111. The SMILES string of the molecule is Cc1cnc2cccc(C(=O)O)n12. The average molecular weight is 176 g/mol. The average Bonchev–Trinajstić information content (AvgIpc) is 2.48. The first-order chi connectivity index (χ1) is 6.20. The number of hydrogen-bond acceptors (Lipinski definition) is 2. The quantitative estimate of drug-likeness (QED) is 0.713. The second-order valence-electron chi connectivity index (χ2n) is 2.81. The van der Waals surface area contributed by atoms with Crippen LogP contribution in [0.4, 0.5) is 0 Å². The number of carboxylic acid groups (broad SMARTS) is 1. The second kappa shape index (κ2) is 2.58. The topological polar surface area (TPSA) is 54.6 Å². The van der Waals surface area contributed by atoms with Gasteiger partial charge >= 0.3 is 5.97 Å². The lowest BCUT2D eigenvalue weighted by Crippen LogP contribution is -2.05. The molecule has 0 aliphatic rings. The summed E-state index contributed by atoms with van der Waals surface area (Å²) in [6.07, 6.45) is 1.65. The number of carboxylic acids is 1. The van der Waals surface area contributed by atoms with Gasteiger partial charge in [-0.15, -0.1) is 0 Å². The van der Waals surface area contributed by atoms with E-state index in [-0.39, 0.29) is 5.69 Å². The van der Waals surface area contributed by atoms with Crippen LogP contribution in [0.2, 0.25) is 0 Å². The first-order valence-corrected chi connectivity index (χ1v) is 3.86. The van der Waals surface area contributed by atoms with E-state index in [4.69, 9.17) is 5.11 Å². The molecular formula is C9H8N2O2. The highest BCUT2D eigenvalue weighted by Gasteiger charge is 2.09. The Morgan fingerprint density at radius 2 is 2.31 bits per heavy atom. The molecule has 0 saturated carbocycles. The van der Waals surface area contributed by atoms with Gasteiger partial charge in [-0.2, -0.15) is 0 Å². The molecule has 0 saturated heterocycles. The molecule has 0 amide bonds. The van der Waals surface area contributed by atoms with Crippen molar-refractivity contribution >= 4 is 11.6 Å². The number of aromatic carboxylic acids is 1. The van der Waals surface area contributed by atoms with E-state index >= 15 is 0 Å². The maximum absolute atomic E-state index is 10.8. The van der Waals surface area contributed by atoms with Gasteiger partial charge in [-0.25, -0.2) is 9.78 Å². The highest BCUT2D eigenvalue weighted by molar-refractivity contribution is 5.86. The van der Waals surface area contributed by atoms with E-state index in [9.17, 15) is 4.79 Å². The van der Waals surface area contributed by atoms with E-state index in [1.807, 2.05) is 6.92 Å². The van der Waals surface area contributed by atoms with Crippen LogP contribution >= 0.6 is 0 Å². The summed E-state index contributed by atoms with van der Waals surface area (Å²) in [4.78, 5) is 14.9. The highest BCUT2D eigenvalue weighted by atomic mass is 16.4. The largest absolute Gasteiger partial charge is 0.477 e. The lowest BCUT2D eigenvalue weighted by molar-refractivity contribution is 0.0688. The van der Waals surface area contributed by atoms with Crippen LogP contribution in [-0.2, 0) is 0 Å². The Balaban J connectivity index is 2.88. The lowest BCUT2D eigenvalue weighted by atomic mass is 10.3. The van der Waals surface area contributed by atoms with Crippen molar-refractivity contribution in [1.82, 2.24) is 9.38 Å². The van der Waals surface area contributed by atoms with Crippen LogP contribution in [-0.4, -0.2) is 20.5 Å². The van der Waals surface area contributed by atoms with Crippen LogP contribution in [0.25, 0.3) is 5.65 Å². The smallest absolute Gasteiger partial charge is 0.352 e. The standard InChI is InChI=1S/C9H8N2O2/c1-6-5-10-8-4-2-3-7(9(12)13)11(6)8/h2-5H,1H3,(H,12,13). The molecule has 13 heavy (non-hydrogen) atoms. The molecule has 66 valence electrons. The van der Waals surface area contributed by atoms with Gasteiger partial charge < -0.3 is 5.11 Å². The zero-order valence-corrected chi connectivity index (χ0v) is 7.06. The maximum Gasteiger partial charge on any atom is 0.352 e. The third-order valence-corrected chi connectivity index (χ3v) is 1.92. The van der Waals surface area contributed by atoms with Gasteiger partial charge in [0, 0.05) is 11.9 Å². The second-order valence-corrected chi connectivity index (χ2v) is 2.81. The molecular weight excluding hydrogens is 168 g/mol. The van der Waals surface area contributed by atoms with Crippen LogP contribution in [0, 0.1) is 6.92 Å². The Labute approximate surface area is 74.5 Å². The zero-order valence-electron chi connectivity index (χ0n) is 7.06. The monoisotopic (exact) mass is 176 g/mol. The lowest BCUT2D eigenvalue weighted by Gasteiger charge is -2.00. The van der Waals surface area contributed by atoms with E-state index in [0.29, 0.717) is 5.65 Å². The molecule has 0 fully saturated rings. The summed E-state index contributed by atoms with van der Waals surface area (Å²) in [7, 11) is 0. The van der Waals surface area contributed by atoms with Gasteiger partial charge in [0.25, 0.3) is 0 Å². The van der Waals surface area contributed by atoms with Crippen molar-refractivity contribution in [2.75, 3.05) is 0 Å². The fourth-order valence-corrected chi connectivity index (χ4v) is 1.35. The number of hydrogen-bond donors (Lipinski definition) is 1. The predicted molar refractivity (Wildman–Crippen MR) is 46.9 cm³/mol. The van der Waals surface area contributed by atoms with E-state index in [0.717, 1.165) is 5.69 Å². The van der Waals surface area contributed by atoms with Crippen molar-refractivity contribution < 1.29 is 9.90 Å².